The molecule has 1 heterocycles. The lowest BCUT2D eigenvalue weighted by Gasteiger charge is -2.11. The van der Waals surface area contributed by atoms with Crippen LogP contribution >= 0.6 is 11.6 Å². The first kappa shape index (κ1) is 16.8. The third-order valence-electron chi connectivity index (χ3n) is 3.20. The first-order chi connectivity index (χ1) is 10.8. The van der Waals surface area contributed by atoms with Gasteiger partial charge in [-0.25, -0.2) is 9.59 Å². The molecule has 0 saturated heterocycles. The van der Waals surface area contributed by atoms with Gasteiger partial charge in [0.2, 0.25) is 0 Å². The highest BCUT2D eigenvalue weighted by atomic mass is 35.5. The average molecular weight is 336 g/mol. The Bertz CT molecular complexity index is 815. The van der Waals surface area contributed by atoms with E-state index in [1.54, 1.807) is 6.92 Å². The number of carbonyl (C=O) groups is 2. The van der Waals surface area contributed by atoms with Crippen LogP contribution in [0.4, 0.5) is 5.69 Å². The van der Waals surface area contributed by atoms with Gasteiger partial charge < -0.3 is 14.5 Å². The van der Waals surface area contributed by atoms with Crippen molar-refractivity contribution < 1.29 is 18.7 Å². The van der Waals surface area contributed by atoms with Gasteiger partial charge >= 0.3 is 11.6 Å². The molecule has 0 aliphatic carbocycles. The number of benzene rings is 1. The lowest BCUT2D eigenvalue weighted by molar-refractivity contribution is 0.0600. The Kier molecular flexibility index (Phi) is 4.86. The summed E-state index contributed by atoms with van der Waals surface area (Å²) in [6, 6.07) is 5.61. The highest BCUT2D eigenvalue weighted by Gasteiger charge is 2.17. The number of halogens is 1. The molecular weight excluding hydrogens is 322 g/mol. The smallest absolute Gasteiger partial charge is 0.337 e. The van der Waals surface area contributed by atoms with Gasteiger partial charge in [-0.2, -0.15) is 0 Å². The molecule has 2 aromatic rings. The molecule has 2 rings (SSSR count). The van der Waals surface area contributed by atoms with Gasteiger partial charge in [0.05, 0.1) is 28.9 Å². The maximum absolute atomic E-state index is 12.4. The minimum absolute atomic E-state index is 0.202. The molecule has 0 spiro atoms. The summed E-state index contributed by atoms with van der Waals surface area (Å²) < 4.78 is 9.56. The molecule has 120 valence electrons. The van der Waals surface area contributed by atoms with Gasteiger partial charge in [-0.15, -0.1) is 0 Å². The Labute approximate surface area is 137 Å². The van der Waals surface area contributed by atoms with E-state index < -0.39 is 17.5 Å². The summed E-state index contributed by atoms with van der Waals surface area (Å²) >= 11 is 6.04. The van der Waals surface area contributed by atoms with Crippen molar-refractivity contribution in [2.75, 3.05) is 12.4 Å². The SMILES string of the molecule is COC(=O)c1ccc(Cl)c(NC(=O)c2c(C)cc(=O)oc2C)c1. The summed E-state index contributed by atoms with van der Waals surface area (Å²) in [5.74, 6) is -0.837. The number of nitrogens with one attached hydrogen (secondary N) is 1. The van der Waals surface area contributed by atoms with E-state index in [-0.39, 0.29) is 27.6 Å². The summed E-state index contributed by atoms with van der Waals surface area (Å²) in [6.45, 7) is 3.15. The highest BCUT2D eigenvalue weighted by Crippen LogP contribution is 2.25. The minimum Gasteiger partial charge on any atom is -0.465 e. The van der Waals surface area contributed by atoms with Gasteiger partial charge in [0.1, 0.15) is 5.76 Å². The molecule has 0 unspecified atom stereocenters. The van der Waals surface area contributed by atoms with Gasteiger partial charge in [0.15, 0.2) is 0 Å². The second-order valence-corrected chi connectivity index (χ2v) is 5.23. The summed E-state index contributed by atoms with van der Waals surface area (Å²) in [5.41, 5.74) is 0.702. The quantitative estimate of drug-likeness (QED) is 0.871. The predicted molar refractivity (Wildman–Crippen MR) is 85.2 cm³/mol. The van der Waals surface area contributed by atoms with Crippen molar-refractivity contribution in [1.82, 2.24) is 0 Å². The number of hydrogen-bond acceptors (Lipinski definition) is 5. The van der Waals surface area contributed by atoms with Gasteiger partial charge in [0.25, 0.3) is 5.91 Å². The average Bonchev–Trinajstić information content (AvgIpc) is 2.47. The third-order valence-corrected chi connectivity index (χ3v) is 3.53. The molecule has 0 bridgehead atoms. The molecule has 0 aliphatic heterocycles. The lowest BCUT2D eigenvalue weighted by Crippen LogP contribution is -2.18. The normalized spacial score (nSPS) is 10.3. The summed E-state index contributed by atoms with van der Waals surface area (Å²) in [5, 5.41) is 2.87. The van der Waals surface area contributed by atoms with E-state index in [4.69, 9.17) is 16.0 Å². The van der Waals surface area contributed by atoms with Crippen LogP contribution in [-0.2, 0) is 4.74 Å². The topological polar surface area (TPSA) is 85.6 Å². The zero-order valence-corrected chi connectivity index (χ0v) is 13.5. The fourth-order valence-corrected chi connectivity index (χ4v) is 2.31. The van der Waals surface area contributed by atoms with Crippen LogP contribution in [0.1, 0.15) is 32.0 Å². The second-order valence-electron chi connectivity index (χ2n) is 4.82. The molecular formula is C16H14ClNO5. The standard InChI is InChI=1S/C16H14ClNO5/c1-8-6-13(19)23-9(2)14(8)15(20)18-12-7-10(16(21)22-3)4-5-11(12)17/h4-7H,1-3H3,(H,18,20). The molecule has 0 saturated carbocycles. The first-order valence-corrected chi connectivity index (χ1v) is 7.02. The molecule has 0 fully saturated rings. The maximum Gasteiger partial charge on any atom is 0.337 e. The molecule has 1 aromatic heterocycles. The van der Waals surface area contributed by atoms with E-state index in [1.165, 1.54) is 38.3 Å². The molecule has 1 aromatic carbocycles. The molecule has 6 nitrogen and oxygen atoms in total. The fraction of sp³-hybridized carbons (Fsp3) is 0.188. The Morgan fingerprint density at radius 2 is 1.91 bits per heavy atom. The van der Waals surface area contributed by atoms with Crippen molar-refractivity contribution in [1.29, 1.82) is 0 Å². The number of rotatable bonds is 3. The number of ether oxygens (including phenoxy) is 1. The first-order valence-electron chi connectivity index (χ1n) is 6.64. The Balaban J connectivity index is 2.38. The molecule has 0 radical (unpaired) electrons. The van der Waals surface area contributed by atoms with Crippen molar-refractivity contribution in [3.8, 4) is 0 Å². The number of aryl methyl sites for hydroxylation is 2. The molecule has 23 heavy (non-hydrogen) atoms. The van der Waals surface area contributed by atoms with Crippen LogP contribution in [0.2, 0.25) is 5.02 Å². The van der Waals surface area contributed by atoms with E-state index >= 15 is 0 Å². The molecule has 0 atom stereocenters. The van der Waals surface area contributed by atoms with E-state index in [0.717, 1.165) is 0 Å². The molecule has 1 amide bonds. The van der Waals surface area contributed by atoms with E-state index in [0.29, 0.717) is 5.56 Å². The van der Waals surface area contributed by atoms with Crippen LogP contribution in [0.5, 0.6) is 0 Å². The Morgan fingerprint density at radius 1 is 1.22 bits per heavy atom. The summed E-state index contributed by atoms with van der Waals surface area (Å²) in [4.78, 5) is 35.3. The van der Waals surface area contributed by atoms with Crippen LogP contribution in [-0.4, -0.2) is 19.0 Å². The number of hydrogen-bond donors (Lipinski definition) is 1. The number of esters is 1. The van der Waals surface area contributed by atoms with Crippen LogP contribution < -0.4 is 10.9 Å². The number of methoxy groups -OCH3 is 1. The number of amides is 1. The van der Waals surface area contributed by atoms with Gasteiger partial charge in [-0.3, -0.25) is 4.79 Å². The van der Waals surface area contributed by atoms with Gasteiger partial charge in [-0.05, 0) is 37.6 Å². The van der Waals surface area contributed by atoms with Crippen molar-refractivity contribution in [3.63, 3.8) is 0 Å². The van der Waals surface area contributed by atoms with Crippen LogP contribution in [0.15, 0.2) is 33.5 Å². The van der Waals surface area contributed by atoms with E-state index in [1.807, 2.05) is 0 Å². The number of anilines is 1. The highest BCUT2D eigenvalue weighted by molar-refractivity contribution is 6.34. The molecule has 0 aliphatic rings. The minimum atomic E-state index is -0.546. The zero-order chi connectivity index (χ0) is 17.1. The Hall–Kier alpha value is -2.60. The Morgan fingerprint density at radius 3 is 2.52 bits per heavy atom. The summed E-state index contributed by atoms with van der Waals surface area (Å²) in [6.07, 6.45) is 0. The summed E-state index contributed by atoms with van der Waals surface area (Å²) in [7, 11) is 1.26. The van der Waals surface area contributed by atoms with Crippen molar-refractivity contribution in [3.05, 3.63) is 62.2 Å². The largest absolute Gasteiger partial charge is 0.465 e. The fourth-order valence-electron chi connectivity index (χ4n) is 2.15. The zero-order valence-electron chi connectivity index (χ0n) is 12.7. The second kappa shape index (κ2) is 6.66. The van der Waals surface area contributed by atoms with Gasteiger partial charge in [0, 0.05) is 6.07 Å². The van der Waals surface area contributed by atoms with Crippen LogP contribution in [0.3, 0.4) is 0 Å². The predicted octanol–water partition coefficient (Wildman–Crippen LogP) is 2.95. The molecule has 7 heteroatoms. The van der Waals surface area contributed by atoms with E-state index in [2.05, 4.69) is 10.1 Å². The van der Waals surface area contributed by atoms with Crippen LogP contribution in [0.25, 0.3) is 0 Å². The monoisotopic (exact) mass is 335 g/mol. The van der Waals surface area contributed by atoms with E-state index in [9.17, 15) is 14.4 Å². The van der Waals surface area contributed by atoms with Crippen molar-refractivity contribution >= 4 is 29.2 Å². The van der Waals surface area contributed by atoms with Crippen molar-refractivity contribution in [2.45, 2.75) is 13.8 Å². The van der Waals surface area contributed by atoms with Crippen molar-refractivity contribution in [2.24, 2.45) is 0 Å². The van der Waals surface area contributed by atoms with Crippen LogP contribution in [0, 0.1) is 13.8 Å². The third kappa shape index (κ3) is 3.60. The molecule has 1 N–H and O–H groups in total. The number of carbonyl (C=O) groups excluding carboxylic acids is 2. The van der Waals surface area contributed by atoms with Gasteiger partial charge in [-0.1, -0.05) is 11.6 Å². The lowest BCUT2D eigenvalue weighted by atomic mass is 10.1. The maximum atomic E-state index is 12.4.